The summed E-state index contributed by atoms with van der Waals surface area (Å²) in [7, 11) is 0. The van der Waals surface area contributed by atoms with Crippen molar-refractivity contribution in [2.75, 3.05) is 5.32 Å². The normalized spacial score (nSPS) is 10.7. The van der Waals surface area contributed by atoms with Crippen LogP contribution in [0.5, 0.6) is 5.75 Å². The zero-order chi connectivity index (χ0) is 19.4. The number of hydrogen-bond acceptors (Lipinski definition) is 2. The van der Waals surface area contributed by atoms with Crippen molar-refractivity contribution in [3.05, 3.63) is 90.8 Å². The summed E-state index contributed by atoms with van der Waals surface area (Å²) in [6, 6.07) is 17.2. The Morgan fingerprint density at radius 1 is 0.926 bits per heavy atom. The van der Waals surface area contributed by atoms with E-state index in [4.69, 9.17) is 39.5 Å². The van der Waals surface area contributed by atoms with Gasteiger partial charge in [0.05, 0.1) is 4.47 Å². The maximum Gasteiger partial charge on any atom is 0.134 e. The van der Waals surface area contributed by atoms with Gasteiger partial charge in [0, 0.05) is 32.9 Å². The third-order valence-corrected chi connectivity index (χ3v) is 5.52. The fourth-order valence-electron chi connectivity index (χ4n) is 2.55. The van der Waals surface area contributed by atoms with E-state index in [0.29, 0.717) is 28.2 Å². The van der Waals surface area contributed by atoms with Crippen LogP contribution in [-0.2, 0) is 13.2 Å². The molecule has 0 aromatic heterocycles. The summed E-state index contributed by atoms with van der Waals surface area (Å²) in [6.07, 6.45) is 0. The molecular formula is C21H17BrCl3NO. The lowest BCUT2D eigenvalue weighted by Gasteiger charge is -2.13. The number of ether oxygens (including phenoxy) is 1. The fraction of sp³-hybridized carbons (Fsp3) is 0.143. The maximum absolute atomic E-state index is 6.19. The topological polar surface area (TPSA) is 21.3 Å². The molecule has 0 fully saturated rings. The zero-order valence-electron chi connectivity index (χ0n) is 14.5. The zero-order valence-corrected chi connectivity index (χ0v) is 18.4. The van der Waals surface area contributed by atoms with Gasteiger partial charge >= 0.3 is 0 Å². The lowest BCUT2D eigenvalue weighted by molar-refractivity contribution is 0.304. The summed E-state index contributed by atoms with van der Waals surface area (Å²) in [5, 5.41) is 5.33. The van der Waals surface area contributed by atoms with E-state index in [2.05, 4.69) is 21.2 Å². The largest absolute Gasteiger partial charge is 0.488 e. The van der Waals surface area contributed by atoms with Gasteiger partial charge in [0.2, 0.25) is 0 Å². The summed E-state index contributed by atoms with van der Waals surface area (Å²) in [5.74, 6) is 0.753. The van der Waals surface area contributed by atoms with Crippen molar-refractivity contribution in [2.24, 2.45) is 0 Å². The van der Waals surface area contributed by atoms with Crippen molar-refractivity contribution in [3.8, 4) is 5.75 Å². The van der Waals surface area contributed by atoms with Gasteiger partial charge in [0.15, 0.2) is 0 Å². The first-order valence-corrected chi connectivity index (χ1v) is 10.2. The van der Waals surface area contributed by atoms with Gasteiger partial charge in [-0.15, -0.1) is 0 Å². The molecule has 0 saturated heterocycles. The molecule has 1 N–H and O–H groups in total. The number of nitrogens with one attached hydrogen (secondary N) is 1. The first-order valence-electron chi connectivity index (χ1n) is 8.27. The molecule has 0 bridgehead atoms. The van der Waals surface area contributed by atoms with Crippen LogP contribution in [0.4, 0.5) is 5.69 Å². The summed E-state index contributed by atoms with van der Waals surface area (Å²) in [6.45, 7) is 3.10. The molecule has 0 atom stereocenters. The summed E-state index contributed by atoms with van der Waals surface area (Å²) in [4.78, 5) is 0. The van der Waals surface area contributed by atoms with Gasteiger partial charge in [0.1, 0.15) is 12.4 Å². The number of hydrogen-bond donors (Lipinski definition) is 1. The van der Waals surface area contributed by atoms with E-state index in [0.717, 1.165) is 32.6 Å². The smallest absolute Gasteiger partial charge is 0.134 e. The Balaban J connectivity index is 1.64. The Labute approximate surface area is 182 Å². The highest BCUT2D eigenvalue weighted by atomic mass is 79.9. The van der Waals surface area contributed by atoms with Crippen molar-refractivity contribution in [1.82, 2.24) is 0 Å². The van der Waals surface area contributed by atoms with Gasteiger partial charge in [0.25, 0.3) is 0 Å². The molecule has 0 aliphatic rings. The first-order chi connectivity index (χ1) is 12.9. The number of benzene rings is 3. The Hall–Kier alpha value is -1.39. The average Bonchev–Trinajstić information content (AvgIpc) is 2.63. The van der Waals surface area contributed by atoms with Crippen LogP contribution in [0.1, 0.15) is 16.7 Å². The van der Waals surface area contributed by atoms with E-state index in [1.54, 1.807) is 12.1 Å². The number of aryl methyl sites for hydroxylation is 1. The van der Waals surface area contributed by atoms with Crippen LogP contribution in [0.15, 0.2) is 59.1 Å². The van der Waals surface area contributed by atoms with Crippen LogP contribution in [0.25, 0.3) is 0 Å². The number of anilines is 1. The predicted octanol–water partition coefficient (Wildman–Crippen LogP) is 7.91. The van der Waals surface area contributed by atoms with E-state index in [1.165, 1.54) is 0 Å². The molecule has 3 aromatic carbocycles. The minimum atomic E-state index is 0.369. The molecule has 0 spiro atoms. The van der Waals surface area contributed by atoms with E-state index < -0.39 is 0 Å². The van der Waals surface area contributed by atoms with Crippen molar-refractivity contribution < 1.29 is 4.74 Å². The molecule has 6 heteroatoms. The Morgan fingerprint density at radius 3 is 2.41 bits per heavy atom. The van der Waals surface area contributed by atoms with Gasteiger partial charge in [-0.1, -0.05) is 53.0 Å². The highest BCUT2D eigenvalue weighted by molar-refractivity contribution is 9.10. The second-order valence-electron chi connectivity index (χ2n) is 6.10. The van der Waals surface area contributed by atoms with Crippen molar-refractivity contribution in [2.45, 2.75) is 20.1 Å². The molecular weight excluding hydrogens is 468 g/mol. The van der Waals surface area contributed by atoms with Gasteiger partial charge in [-0.25, -0.2) is 0 Å². The van der Waals surface area contributed by atoms with Crippen molar-refractivity contribution in [1.29, 1.82) is 0 Å². The maximum atomic E-state index is 6.19. The van der Waals surface area contributed by atoms with Crippen LogP contribution in [0.3, 0.4) is 0 Å². The third kappa shape index (κ3) is 5.55. The van der Waals surface area contributed by atoms with Gasteiger partial charge in [-0.2, -0.15) is 0 Å². The minimum absolute atomic E-state index is 0.369. The van der Waals surface area contributed by atoms with E-state index in [1.807, 2.05) is 49.4 Å². The summed E-state index contributed by atoms with van der Waals surface area (Å²) < 4.78 is 6.77. The molecule has 140 valence electrons. The highest BCUT2D eigenvalue weighted by Crippen LogP contribution is 2.29. The van der Waals surface area contributed by atoms with Crippen LogP contribution in [-0.4, -0.2) is 0 Å². The molecule has 0 aliphatic heterocycles. The summed E-state index contributed by atoms with van der Waals surface area (Å²) >= 11 is 21.8. The van der Waals surface area contributed by atoms with E-state index in [-0.39, 0.29) is 0 Å². The van der Waals surface area contributed by atoms with Gasteiger partial charge in [-0.3, -0.25) is 0 Å². The third-order valence-electron chi connectivity index (χ3n) is 4.08. The lowest BCUT2D eigenvalue weighted by atomic mass is 10.1. The van der Waals surface area contributed by atoms with E-state index in [9.17, 15) is 0 Å². The van der Waals surface area contributed by atoms with Gasteiger partial charge < -0.3 is 10.1 Å². The summed E-state index contributed by atoms with van der Waals surface area (Å²) in [5.41, 5.74) is 4.18. The molecule has 0 saturated carbocycles. The standard InChI is InChI=1S/C21H17BrCl3NO/c1-13-2-5-17(24)10-20(13)26-11-14-3-7-21(18(22)8-14)27-12-15-4-6-16(23)9-19(15)25/h2-10,26H,11-12H2,1H3. The number of rotatable bonds is 6. The molecule has 0 radical (unpaired) electrons. The first kappa shape index (κ1) is 20.3. The van der Waals surface area contributed by atoms with E-state index >= 15 is 0 Å². The molecule has 0 amide bonds. The quantitative estimate of drug-likeness (QED) is 0.383. The molecule has 2 nitrogen and oxygen atoms in total. The SMILES string of the molecule is Cc1ccc(Cl)cc1NCc1ccc(OCc2ccc(Cl)cc2Cl)c(Br)c1. The lowest BCUT2D eigenvalue weighted by Crippen LogP contribution is -2.02. The average molecular weight is 486 g/mol. The number of halogens is 4. The second kappa shape index (κ2) is 9.20. The van der Waals surface area contributed by atoms with Crippen LogP contribution in [0.2, 0.25) is 15.1 Å². The minimum Gasteiger partial charge on any atom is -0.488 e. The molecule has 0 aliphatic carbocycles. The molecule has 0 heterocycles. The Morgan fingerprint density at radius 2 is 1.67 bits per heavy atom. The highest BCUT2D eigenvalue weighted by Gasteiger charge is 2.07. The molecule has 3 aromatic rings. The predicted molar refractivity (Wildman–Crippen MR) is 118 cm³/mol. The van der Waals surface area contributed by atoms with Crippen LogP contribution >= 0.6 is 50.7 Å². The Bertz CT molecular complexity index is 962. The van der Waals surface area contributed by atoms with Crippen molar-refractivity contribution in [3.63, 3.8) is 0 Å². The Kier molecular flexibility index (Phi) is 6.93. The van der Waals surface area contributed by atoms with Crippen molar-refractivity contribution >= 4 is 56.4 Å². The molecule has 0 unspecified atom stereocenters. The second-order valence-corrected chi connectivity index (χ2v) is 8.24. The monoisotopic (exact) mass is 483 g/mol. The molecule has 3 rings (SSSR count). The van der Waals surface area contributed by atoms with Crippen LogP contribution < -0.4 is 10.1 Å². The fourth-order valence-corrected chi connectivity index (χ4v) is 3.72. The molecule has 27 heavy (non-hydrogen) atoms. The van der Waals surface area contributed by atoms with Gasteiger partial charge in [-0.05, 0) is 70.4 Å². The van der Waals surface area contributed by atoms with Crippen LogP contribution in [0, 0.1) is 6.92 Å².